The molecule has 182 valence electrons. The zero-order valence-electron chi connectivity index (χ0n) is 19.4. The molecule has 11 heteroatoms. The van der Waals surface area contributed by atoms with Gasteiger partial charge in [0.2, 0.25) is 17.7 Å². The summed E-state index contributed by atoms with van der Waals surface area (Å²) in [6, 6.07) is 9.43. The molecular weight excluding hydrogens is 472 g/mol. The van der Waals surface area contributed by atoms with Crippen LogP contribution >= 0.6 is 11.8 Å². The maximum absolute atomic E-state index is 14.0. The van der Waals surface area contributed by atoms with Crippen molar-refractivity contribution in [2.75, 3.05) is 29.3 Å². The maximum atomic E-state index is 14.0. The van der Waals surface area contributed by atoms with Gasteiger partial charge >= 0.3 is 5.69 Å². The van der Waals surface area contributed by atoms with Crippen LogP contribution in [0.3, 0.4) is 0 Å². The van der Waals surface area contributed by atoms with Crippen LogP contribution in [0.5, 0.6) is 5.75 Å². The van der Waals surface area contributed by atoms with Crippen LogP contribution in [0.25, 0.3) is 0 Å². The summed E-state index contributed by atoms with van der Waals surface area (Å²) in [5.41, 5.74) is 0.243. The molecule has 0 aliphatic carbocycles. The Kier molecular flexibility index (Phi) is 5.56. The number of imide groups is 1. The third-order valence-corrected chi connectivity index (χ3v) is 7.83. The monoisotopic (exact) mass is 496 g/mol. The number of anilines is 2. The molecule has 0 aromatic heterocycles. The van der Waals surface area contributed by atoms with Gasteiger partial charge in [-0.1, -0.05) is 18.2 Å². The van der Waals surface area contributed by atoms with E-state index in [0.29, 0.717) is 23.2 Å². The molecule has 2 saturated heterocycles. The van der Waals surface area contributed by atoms with Gasteiger partial charge in [-0.2, -0.15) is 11.8 Å². The number of nitrogens with one attached hydrogen (secondary N) is 2. The minimum absolute atomic E-state index is 0.0519. The van der Waals surface area contributed by atoms with Crippen LogP contribution in [0, 0.1) is 28.9 Å². The van der Waals surface area contributed by atoms with Gasteiger partial charge in [0.15, 0.2) is 5.75 Å². The fraction of sp³-hybridized carbons (Fsp3) is 0.375. The summed E-state index contributed by atoms with van der Waals surface area (Å²) in [5.74, 6) is -2.31. The van der Waals surface area contributed by atoms with E-state index in [1.807, 2.05) is 6.26 Å². The van der Waals surface area contributed by atoms with Crippen molar-refractivity contribution in [3.8, 4) is 5.75 Å². The summed E-state index contributed by atoms with van der Waals surface area (Å²) in [6.07, 6.45) is 2.55. The highest BCUT2D eigenvalue weighted by molar-refractivity contribution is 7.98. The lowest BCUT2D eigenvalue weighted by atomic mass is 9.76. The lowest BCUT2D eigenvalue weighted by Crippen LogP contribution is -2.53. The molecular formula is C24H24N4O6S. The average Bonchev–Trinajstić information content (AvgIpc) is 3.42. The number of hydrogen-bond donors (Lipinski definition) is 2. The Morgan fingerprint density at radius 1 is 1.20 bits per heavy atom. The Bertz CT molecular complexity index is 1280. The average molecular weight is 497 g/mol. The highest BCUT2D eigenvalue weighted by Crippen LogP contribution is 2.54. The van der Waals surface area contributed by atoms with Crippen molar-refractivity contribution in [1.29, 1.82) is 0 Å². The summed E-state index contributed by atoms with van der Waals surface area (Å²) in [4.78, 5) is 53.3. The number of aryl methyl sites for hydroxylation is 1. The first kappa shape index (κ1) is 23.3. The van der Waals surface area contributed by atoms with E-state index in [9.17, 15) is 24.5 Å². The second kappa shape index (κ2) is 8.35. The second-order valence-corrected chi connectivity index (χ2v) is 9.91. The van der Waals surface area contributed by atoms with E-state index in [-0.39, 0.29) is 23.0 Å². The first-order valence-electron chi connectivity index (χ1n) is 11.1. The van der Waals surface area contributed by atoms with Crippen LogP contribution in [0.1, 0.15) is 17.5 Å². The summed E-state index contributed by atoms with van der Waals surface area (Å²) in [7, 11) is 1.29. The maximum Gasteiger partial charge on any atom is 0.311 e. The summed E-state index contributed by atoms with van der Waals surface area (Å²) >= 11 is 1.62. The summed E-state index contributed by atoms with van der Waals surface area (Å²) in [5, 5.41) is 17.7. The number of hydrogen-bond acceptors (Lipinski definition) is 8. The number of carbonyl (C=O) groups excluding carboxylic acids is 3. The van der Waals surface area contributed by atoms with Gasteiger partial charge in [0.25, 0.3) is 0 Å². The number of amides is 3. The van der Waals surface area contributed by atoms with E-state index < -0.39 is 40.2 Å². The molecule has 0 bridgehead atoms. The van der Waals surface area contributed by atoms with Gasteiger partial charge in [-0.3, -0.25) is 29.8 Å². The number of ether oxygens (including phenoxy) is 1. The Hall–Kier alpha value is -3.44. The van der Waals surface area contributed by atoms with Crippen LogP contribution < -0.4 is 20.3 Å². The van der Waals surface area contributed by atoms with Gasteiger partial charge in [-0.25, -0.2) is 4.90 Å². The predicted molar refractivity (Wildman–Crippen MR) is 131 cm³/mol. The SMILES string of the molecule is COc1cc(N2C(=O)[C@H]3[C@@H](C2=O)[C@@]2(N[C@@H]3CCSC)C(=O)Nc3ccccc32)c(C)cc1[N+](=O)[O-]. The highest BCUT2D eigenvalue weighted by atomic mass is 32.2. The molecule has 2 aromatic rings. The number of methoxy groups -OCH3 is 1. The Labute approximate surface area is 205 Å². The van der Waals surface area contributed by atoms with E-state index in [2.05, 4.69) is 10.6 Å². The number of fused-ring (bicyclic) bond motifs is 4. The van der Waals surface area contributed by atoms with Gasteiger partial charge in [0, 0.05) is 29.4 Å². The third-order valence-electron chi connectivity index (χ3n) is 7.19. The van der Waals surface area contributed by atoms with E-state index in [1.54, 1.807) is 43.0 Å². The largest absolute Gasteiger partial charge is 0.490 e. The van der Waals surface area contributed by atoms with Gasteiger partial charge < -0.3 is 10.1 Å². The molecule has 3 amide bonds. The number of nitrogens with zero attached hydrogens (tertiary/aromatic N) is 2. The van der Waals surface area contributed by atoms with Crippen LogP contribution in [-0.2, 0) is 19.9 Å². The number of nitro groups is 1. The molecule has 2 N–H and O–H groups in total. The number of carbonyl (C=O) groups is 3. The minimum Gasteiger partial charge on any atom is -0.490 e. The predicted octanol–water partition coefficient (Wildman–Crippen LogP) is 2.59. The normalized spacial score (nSPS) is 26.8. The number of para-hydroxylation sites is 1. The van der Waals surface area contributed by atoms with Crippen molar-refractivity contribution < 1.29 is 24.0 Å². The molecule has 5 rings (SSSR count). The van der Waals surface area contributed by atoms with Gasteiger partial charge in [0.05, 0.1) is 29.6 Å². The smallest absolute Gasteiger partial charge is 0.311 e. The number of benzene rings is 2. The van der Waals surface area contributed by atoms with Gasteiger partial charge in [0.1, 0.15) is 5.54 Å². The molecule has 3 heterocycles. The quantitative estimate of drug-likeness (QED) is 0.355. The van der Waals surface area contributed by atoms with Crippen molar-refractivity contribution in [2.45, 2.75) is 24.9 Å². The van der Waals surface area contributed by atoms with Crippen molar-refractivity contribution in [1.82, 2.24) is 5.32 Å². The number of nitro benzene ring substituents is 1. The second-order valence-electron chi connectivity index (χ2n) is 8.92. The molecule has 2 aromatic carbocycles. The summed E-state index contributed by atoms with van der Waals surface area (Å²) < 4.78 is 5.19. The lowest BCUT2D eigenvalue weighted by molar-refractivity contribution is -0.385. The van der Waals surface area contributed by atoms with E-state index in [1.165, 1.54) is 19.2 Å². The fourth-order valence-corrected chi connectivity index (χ4v) is 6.19. The van der Waals surface area contributed by atoms with Crippen molar-refractivity contribution in [2.24, 2.45) is 11.8 Å². The van der Waals surface area contributed by atoms with Crippen LogP contribution in [0.2, 0.25) is 0 Å². The molecule has 2 fully saturated rings. The molecule has 35 heavy (non-hydrogen) atoms. The van der Waals surface area contributed by atoms with Crippen LogP contribution in [-0.4, -0.2) is 47.8 Å². The Morgan fingerprint density at radius 2 is 1.94 bits per heavy atom. The molecule has 1 spiro atoms. The van der Waals surface area contributed by atoms with Crippen molar-refractivity contribution in [3.05, 3.63) is 57.6 Å². The van der Waals surface area contributed by atoms with E-state index >= 15 is 0 Å². The first-order chi connectivity index (χ1) is 16.8. The first-order valence-corrected chi connectivity index (χ1v) is 12.5. The molecule has 0 saturated carbocycles. The standard InChI is InChI=1S/C24H24N4O6S/c1-12-10-17(28(32)33)18(34-2)11-16(12)27-21(29)19-15(8-9-35-3)26-24(20(19)22(27)30)13-6-4-5-7-14(13)25-23(24)31/h4-7,10-11,15,19-20,26H,8-9H2,1-3H3,(H,25,31)/t15-,19-,20+,24-/m1/s1. The van der Waals surface area contributed by atoms with Gasteiger partial charge in [-0.15, -0.1) is 0 Å². The molecule has 0 unspecified atom stereocenters. The Balaban J connectivity index is 1.66. The van der Waals surface area contributed by atoms with Crippen molar-refractivity contribution >= 4 is 46.5 Å². The number of rotatable bonds is 6. The molecule has 3 aliphatic heterocycles. The van der Waals surface area contributed by atoms with Crippen molar-refractivity contribution in [3.63, 3.8) is 0 Å². The zero-order valence-corrected chi connectivity index (χ0v) is 20.2. The molecule has 3 aliphatic rings. The lowest BCUT2D eigenvalue weighted by Gasteiger charge is -2.30. The van der Waals surface area contributed by atoms with Crippen LogP contribution in [0.4, 0.5) is 17.1 Å². The Morgan fingerprint density at radius 3 is 2.63 bits per heavy atom. The zero-order chi connectivity index (χ0) is 25.1. The highest BCUT2D eigenvalue weighted by Gasteiger charge is 2.70. The third kappa shape index (κ3) is 3.18. The van der Waals surface area contributed by atoms with Gasteiger partial charge in [-0.05, 0) is 37.0 Å². The van der Waals surface area contributed by atoms with E-state index in [4.69, 9.17) is 4.74 Å². The number of thioether (sulfide) groups is 1. The molecule has 4 atom stereocenters. The topological polar surface area (TPSA) is 131 Å². The minimum atomic E-state index is -1.37. The van der Waals surface area contributed by atoms with Crippen LogP contribution in [0.15, 0.2) is 36.4 Å². The van der Waals surface area contributed by atoms with E-state index in [0.717, 1.165) is 10.7 Å². The molecule has 10 nitrogen and oxygen atoms in total. The fourth-order valence-electron chi connectivity index (χ4n) is 5.70. The summed E-state index contributed by atoms with van der Waals surface area (Å²) in [6.45, 7) is 1.60. The molecule has 0 radical (unpaired) electrons.